The van der Waals surface area contributed by atoms with E-state index in [1.54, 1.807) is 28.6 Å². The van der Waals surface area contributed by atoms with Gasteiger partial charge in [-0.1, -0.05) is 6.92 Å². The van der Waals surface area contributed by atoms with Crippen molar-refractivity contribution >= 4 is 15.7 Å². The molecule has 0 spiro atoms. The molecule has 7 heteroatoms. The zero-order chi connectivity index (χ0) is 15.5. The van der Waals surface area contributed by atoms with Crippen LogP contribution in [0.3, 0.4) is 0 Å². The van der Waals surface area contributed by atoms with E-state index in [1.807, 2.05) is 14.0 Å². The lowest BCUT2D eigenvalue weighted by molar-refractivity contribution is 0.270. The lowest BCUT2D eigenvalue weighted by Gasteiger charge is -2.29. The summed E-state index contributed by atoms with van der Waals surface area (Å²) in [4.78, 5) is 2.52. The highest BCUT2D eigenvalue weighted by Gasteiger charge is 2.32. The molecule has 1 fully saturated rings. The first-order valence-electron chi connectivity index (χ1n) is 7.26. The second kappa shape index (κ2) is 6.74. The SMILES string of the molecule is CCC1CN(C)CCCN1S(=O)(=O)c1ccc(NN)cc1. The molecule has 0 aromatic heterocycles. The van der Waals surface area contributed by atoms with Crippen LogP contribution in [-0.2, 0) is 10.0 Å². The summed E-state index contributed by atoms with van der Waals surface area (Å²) in [6, 6.07) is 6.59. The predicted molar refractivity (Wildman–Crippen MR) is 84.3 cm³/mol. The van der Waals surface area contributed by atoms with E-state index in [4.69, 9.17) is 5.84 Å². The average molecular weight is 312 g/mol. The maximum absolute atomic E-state index is 12.9. The highest BCUT2D eigenvalue weighted by atomic mass is 32.2. The molecule has 1 saturated heterocycles. The van der Waals surface area contributed by atoms with Gasteiger partial charge in [0, 0.05) is 24.8 Å². The van der Waals surface area contributed by atoms with Gasteiger partial charge >= 0.3 is 0 Å². The molecule has 1 aliphatic heterocycles. The first-order valence-corrected chi connectivity index (χ1v) is 8.70. The molecular formula is C14H24N4O2S. The molecule has 0 radical (unpaired) electrons. The van der Waals surface area contributed by atoms with E-state index in [9.17, 15) is 8.42 Å². The number of nitrogens with two attached hydrogens (primary N) is 1. The summed E-state index contributed by atoms with van der Waals surface area (Å²) in [7, 11) is -1.41. The van der Waals surface area contributed by atoms with Crippen LogP contribution in [0.2, 0.25) is 0 Å². The number of sulfonamides is 1. The normalized spacial score (nSPS) is 22.0. The van der Waals surface area contributed by atoms with E-state index in [0.29, 0.717) is 17.1 Å². The van der Waals surface area contributed by atoms with E-state index in [1.165, 1.54) is 0 Å². The first-order chi connectivity index (χ1) is 9.98. The molecule has 0 saturated carbocycles. The summed E-state index contributed by atoms with van der Waals surface area (Å²) in [6.45, 7) is 4.31. The Morgan fingerprint density at radius 2 is 1.95 bits per heavy atom. The third kappa shape index (κ3) is 3.55. The Hall–Kier alpha value is -1.15. The smallest absolute Gasteiger partial charge is 0.243 e. The van der Waals surface area contributed by atoms with Crippen LogP contribution in [0.4, 0.5) is 5.69 Å². The Morgan fingerprint density at radius 1 is 1.29 bits per heavy atom. The van der Waals surface area contributed by atoms with Crippen LogP contribution >= 0.6 is 0 Å². The van der Waals surface area contributed by atoms with Crippen molar-refractivity contribution < 1.29 is 8.42 Å². The number of nitrogen functional groups attached to an aromatic ring is 1. The molecule has 21 heavy (non-hydrogen) atoms. The van der Waals surface area contributed by atoms with Crippen molar-refractivity contribution in [2.45, 2.75) is 30.7 Å². The van der Waals surface area contributed by atoms with Crippen molar-refractivity contribution in [3.8, 4) is 0 Å². The van der Waals surface area contributed by atoms with Gasteiger partial charge in [-0.25, -0.2) is 8.42 Å². The Labute approximate surface area is 126 Å². The number of hydrogen-bond acceptors (Lipinski definition) is 5. The van der Waals surface area contributed by atoms with Crippen LogP contribution in [0.25, 0.3) is 0 Å². The maximum Gasteiger partial charge on any atom is 0.243 e. The number of nitrogens with zero attached hydrogens (tertiary/aromatic N) is 2. The van der Waals surface area contributed by atoms with E-state index in [2.05, 4.69) is 10.3 Å². The fourth-order valence-electron chi connectivity index (χ4n) is 2.73. The summed E-state index contributed by atoms with van der Waals surface area (Å²) in [6.07, 6.45) is 1.67. The van der Waals surface area contributed by atoms with Crippen molar-refractivity contribution in [2.75, 3.05) is 32.1 Å². The van der Waals surface area contributed by atoms with Gasteiger partial charge in [0.25, 0.3) is 0 Å². The molecule has 1 heterocycles. The lowest BCUT2D eigenvalue weighted by Crippen LogP contribution is -2.43. The highest BCUT2D eigenvalue weighted by Crippen LogP contribution is 2.23. The van der Waals surface area contributed by atoms with Gasteiger partial charge in [0.05, 0.1) is 4.90 Å². The molecule has 1 aliphatic rings. The first kappa shape index (κ1) is 16.2. The van der Waals surface area contributed by atoms with Gasteiger partial charge in [-0.15, -0.1) is 0 Å². The second-order valence-electron chi connectivity index (χ2n) is 5.46. The number of likely N-dealkylation sites (N-methyl/N-ethyl adjacent to an activating group) is 1. The minimum absolute atomic E-state index is 0.0230. The summed E-state index contributed by atoms with van der Waals surface area (Å²) < 4.78 is 27.4. The van der Waals surface area contributed by atoms with Crippen molar-refractivity contribution in [3.63, 3.8) is 0 Å². The largest absolute Gasteiger partial charge is 0.324 e. The van der Waals surface area contributed by atoms with Crippen molar-refractivity contribution in [3.05, 3.63) is 24.3 Å². The average Bonchev–Trinajstić information content (AvgIpc) is 2.68. The molecule has 118 valence electrons. The molecular weight excluding hydrogens is 288 g/mol. The summed E-state index contributed by atoms with van der Waals surface area (Å²) in [5, 5.41) is 0. The minimum atomic E-state index is -3.46. The molecule has 0 aliphatic carbocycles. The van der Waals surface area contributed by atoms with Crippen molar-refractivity contribution in [1.82, 2.24) is 9.21 Å². The predicted octanol–water partition coefficient (Wildman–Crippen LogP) is 1.08. The zero-order valence-electron chi connectivity index (χ0n) is 12.6. The number of nitrogens with one attached hydrogen (secondary N) is 1. The monoisotopic (exact) mass is 312 g/mol. The Balaban J connectivity index is 2.31. The molecule has 6 nitrogen and oxygen atoms in total. The van der Waals surface area contributed by atoms with E-state index < -0.39 is 10.0 Å². The maximum atomic E-state index is 12.9. The van der Waals surface area contributed by atoms with E-state index >= 15 is 0 Å². The van der Waals surface area contributed by atoms with Gasteiger partial charge in [-0.05, 0) is 50.7 Å². The summed E-state index contributed by atoms with van der Waals surface area (Å²) >= 11 is 0. The molecule has 3 N–H and O–H groups in total. The van der Waals surface area contributed by atoms with Gasteiger partial charge in [0.1, 0.15) is 0 Å². The van der Waals surface area contributed by atoms with Crippen LogP contribution in [-0.4, -0.2) is 50.3 Å². The topological polar surface area (TPSA) is 78.7 Å². The van der Waals surface area contributed by atoms with Crippen LogP contribution < -0.4 is 11.3 Å². The van der Waals surface area contributed by atoms with Gasteiger partial charge in [0.2, 0.25) is 10.0 Å². The zero-order valence-corrected chi connectivity index (χ0v) is 13.4. The molecule has 2 rings (SSSR count). The number of hydrogen-bond donors (Lipinski definition) is 2. The summed E-state index contributed by atoms with van der Waals surface area (Å²) in [5.41, 5.74) is 3.20. The van der Waals surface area contributed by atoms with Crippen molar-refractivity contribution in [2.24, 2.45) is 5.84 Å². The third-order valence-corrected chi connectivity index (χ3v) is 5.91. The standard InChI is InChI=1S/C14H24N4O2S/c1-3-13-11-17(2)9-4-10-18(13)21(19,20)14-7-5-12(16-15)6-8-14/h5-8,13,16H,3-4,9-11,15H2,1-2H3. The van der Waals surface area contributed by atoms with E-state index in [-0.39, 0.29) is 6.04 Å². The van der Waals surface area contributed by atoms with Gasteiger partial charge in [0.15, 0.2) is 0 Å². The highest BCUT2D eigenvalue weighted by molar-refractivity contribution is 7.89. The number of anilines is 1. The Morgan fingerprint density at radius 3 is 2.52 bits per heavy atom. The molecule has 1 aromatic carbocycles. The Bertz CT molecular complexity index is 559. The molecule has 1 atom stereocenters. The van der Waals surface area contributed by atoms with Crippen LogP contribution in [0.5, 0.6) is 0 Å². The Kier molecular flexibility index (Phi) is 5.21. The molecule has 1 aromatic rings. The van der Waals surface area contributed by atoms with E-state index in [0.717, 1.165) is 25.9 Å². The number of benzene rings is 1. The lowest BCUT2D eigenvalue weighted by atomic mass is 10.2. The fourth-order valence-corrected chi connectivity index (χ4v) is 4.46. The van der Waals surface area contributed by atoms with Crippen LogP contribution in [0, 0.1) is 0 Å². The fraction of sp³-hybridized carbons (Fsp3) is 0.571. The second-order valence-corrected chi connectivity index (χ2v) is 7.35. The summed E-state index contributed by atoms with van der Waals surface area (Å²) in [5.74, 6) is 5.32. The minimum Gasteiger partial charge on any atom is -0.324 e. The van der Waals surface area contributed by atoms with Crippen molar-refractivity contribution in [1.29, 1.82) is 0 Å². The van der Waals surface area contributed by atoms with Crippen LogP contribution in [0.1, 0.15) is 19.8 Å². The number of hydrazine groups is 1. The van der Waals surface area contributed by atoms with Gasteiger partial charge < -0.3 is 10.3 Å². The molecule has 0 amide bonds. The quantitative estimate of drug-likeness (QED) is 0.642. The number of rotatable bonds is 4. The van der Waals surface area contributed by atoms with Gasteiger partial charge in [-0.3, -0.25) is 5.84 Å². The third-order valence-electron chi connectivity index (χ3n) is 3.95. The van der Waals surface area contributed by atoms with Gasteiger partial charge in [-0.2, -0.15) is 4.31 Å². The molecule has 1 unspecified atom stereocenters. The van der Waals surface area contributed by atoms with Crippen LogP contribution in [0.15, 0.2) is 29.2 Å². The molecule has 0 bridgehead atoms.